The van der Waals surface area contributed by atoms with E-state index in [1.54, 1.807) is 19.4 Å². The second-order valence-corrected chi connectivity index (χ2v) is 4.87. The molecule has 1 rings (SSSR count). The van der Waals surface area contributed by atoms with E-state index in [4.69, 9.17) is 5.11 Å². The number of carboxylic acids is 1. The summed E-state index contributed by atoms with van der Waals surface area (Å²) in [5.74, 6) is -1.53. The number of nitrogens with one attached hydrogen (secondary N) is 1. The Kier molecular flexibility index (Phi) is 4.62. The van der Waals surface area contributed by atoms with E-state index >= 15 is 0 Å². The van der Waals surface area contributed by atoms with E-state index in [9.17, 15) is 9.59 Å². The number of amides is 1. The number of nitrogens with zero attached hydrogens (tertiary/aromatic N) is 1. The number of carboxylic acid groups (broad SMARTS) is 1. The van der Waals surface area contributed by atoms with Gasteiger partial charge in [0.05, 0.1) is 11.2 Å². The molecule has 0 saturated carbocycles. The van der Waals surface area contributed by atoms with Crippen LogP contribution in [0.5, 0.6) is 0 Å². The number of aryl methyl sites for hydroxylation is 1. The largest absolute Gasteiger partial charge is 0.480 e. The molecule has 0 aliphatic carbocycles. The molecule has 6 heteroatoms. The quantitative estimate of drug-likeness (QED) is 0.837. The highest BCUT2D eigenvalue weighted by molar-refractivity contribution is 7.11. The topological polar surface area (TPSA) is 79.3 Å². The Morgan fingerprint density at radius 3 is 2.65 bits per heavy atom. The number of rotatable bonds is 5. The van der Waals surface area contributed by atoms with Crippen LogP contribution in [0, 0.1) is 5.92 Å². The highest BCUT2D eigenvalue weighted by Gasteiger charge is 2.25. The van der Waals surface area contributed by atoms with Crippen LogP contribution in [0.3, 0.4) is 0 Å². The van der Waals surface area contributed by atoms with Crippen LogP contribution in [-0.4, -0.2) is 28.0 Å². The van der Waals surface area contributed by atoms with Gasteiger partial charge in [-0.3, -0.25) is 4.79 Å². The lowest BCUT2D eigenvalue weighted by Gasteiger charge is -2.17. The van der Waals surface area contributed by atoms with Gasteiger partial charge in [0.2, 0.25) is 0 Å². The van der Waals surface area contributed by atoms with E-state index in [2.05, 4.69) is 10.3 Å². The Balaban J connectivity index is 2.81. The van der Waals surface area contributed by atoms with Crippen molar-refractivity contribution < 1.29 is 14.7 Å². The van der Waals surface area contributed by atoms with Crippen LogP contribution in [0.4, 0.5) is 0 Å². The summed E-state index contributed by atoms with van der Waals surface area (Å²) in [6.45, 7) is 5.42. The molecule has 1 amide bonds. The first-order valence-electron chi connectivity index (χ1n) is 5.43. The highest BCUT2D eigenvalue weighted by Crippen LogP contribution is 2.14. The molecule has 0 unspecified atom stereocenters. The van der Waals surface area contributed by atoms with Gasteiger partial charge in [-0.05, 0) is 12.3 Å². The van der Waals surface area contributed by atoms with E-state index in [1.165, 1.54) is 11.3 Å². The molecule has 1 aromatic rings. The fraction of sp³-hybridized carbons (Fsp3) is 0.545. The van der Waals surface area contributed by atoms with E-state index < -0.39 is 12.0 Å². The molecule has 0 aromatic carbocycles. The SMILES string of the molecule is CCc1ncsc1C(=O)N[C@H](C(=O)O)C(C)C. The third-order valence-corrected chi connectivity index (χ3v) is 3.27. The second kappa shape index (κ2) is 5.77. The zero-order valence-corrected chi connectivity index (χ0v) is 10.9. The monoisotopic (exact) mass is 256 g/mol. The van der Waals surface area contributed by atoms with Crippen LogP contribution >= 0.6 is 11.3 Å². The van der Waals surface area contributed by atoms with Crippen LogP contribution in [-0.2, 0) is 11.2 Å². The first-order chi connectivity index (χ1) is 7.97. The van der Waals surface area contributed by atoms with E-state index in [1.807, 2.05) is 6.92 Å². The zero-order valence-electron chi connectivity index (χ0n) is 10.1. The van der Waals surface area contributed by atoms with Gasteiger partial charge in [0.15, 0.2) is 0 Å². The molecule has 0 spiro atoms. The third kappa shape index (κ3) is 3.26. The van der Waals surface area contributed by atoms with Crippen molar-refractivity contribution in [1.82, 2.24) is 10.3 Å². The molecule has 1 aromatic heterocycles. The van der Waals surface area contributed by atoms with Gasteiger partial charge in [-0.25, -0.2) is 9.78 Å². The Morgan fingerprint density at radius 1 is 1.53 bits per heavy atom. The maximum Gasteiger partial charge on any atom is 0.326 e. The first-order valence-corrected chi connectivity index (χ1v) is 6.31. The summed E-state index contributed by atoms with van der Waals surface area (Å²) in [6.07, 6.45) is 0.658. The van der Waals surface area contributed by atoms with E-state index in [-0.39, 0.29) is 11.8 Å². The normalized spacial score (nSPS) is 12.5. The molecule has 0 aliphatic rings. The van der Waals surface area contributed by atoms with Gasteiger partial charge in [-0.15, -0.1) is 11.3 Å². The van der Waals surface area contributed by atoms with Crippen molar-refractivity contribution in [3.63, 3.8) is 0 Å². The van der Waals surface area contributed by atoms with E-state index in [0.29, 0.717) is 17.0 Å². The van der Waals surface area contributed by atoms with Gasteiger partial charge in [0, 0.05) is 0 Å². The predicted molar refractivity (Wildman–Crippen MR) is 65.2 cm³/mol. The molecule has 5 nitrogen and oxygen atoms in total. The summed E-state index contributed by atoms with van der Waals surface area (Å²) in [5.41, 5.74) is 2.30. The van der Waals surface area contributed by atoms with Crippen molar-refractivity contribution in [2.45, 2.75) is 33.2 Å². The van der Waals surface area contributed by atoms with Crippen molar-refractivity contribution in [3.05, 3.63) is 16.1 Å². The number of hydrogen-bond donors (Lipinski definition) is 2. The lowest BCUT2D eigenvalue weighted by molar-refractivity contribution is -0.140. The molecule has 0 aliphatic heterocycles. The van der Waals surface area contributed by atoms with Gasteiger partial charge in [0.1, 0.15) is 10.9 Å². The molecule has 1 atom stereocenters. The number of carbonyl (C=O) groups is 2. The summed E-state index contributed by atoms with van der Waals surface area (Å²) in [5, 5.41) is 11.5. The lowest BCUT2D eigenvalue weighted by atomic mass is 10.0. The van der Waals surface area contributed by atoms with Crippen molar-refractivity contribution in [1.29, 1.82) is 0 Å². The summed E-state index contributed by atoms with van der Waals surface area (Å²) >= 11 is 1.23. The average Bonchev–Trinajstić information content (AvgIpc) is 2.72. The Hall–Kier alpha value is -1.43. The molecule has 2 N–H and O–H groups in total. The van der Waals surface area contributed by atoms with Crippen molar-refractivity contribution in [3.8, 4) is 0 Å². The Labute approximate surface area is 104 Å². The maximum absolute atomic E-state index is 11.9. The van der Waals surface area contributed by atoms with Gasteiger partial charge in [-0.2, -0.15) is 0 Å². The summed E-state index contributed by atoms with van der Waals surface area (Å²) in [4.78, 5) is 27.4. The molecular weight excluding hydrogens is 240 g/mol. The van der Waals surface area contributed by atoms with Gasteiger partial charge in [-0.1, -0.05) is 20.8 Å². The van der Waals surface area contributed by atoms with E-state index in [0.717, 1.165) is 0 Å². The Morgan fingerprint density at radius 2 is 2.18 bits per heavy atom. The van der Waals surface area contributed by atoms with Gasteiger partial charge in [0.25, 0.3) is 5.91 Å². The van der Waals surface area contributed by atoms with Crippen LogP contribution in [0.15, 0.2) is 5.51 Å². The standard InChI is InChI=1S/C11H16N2O3S/c1-4-7-9(17-5-12-7)10(14)13-8(6(2)3)11(15)16/h5-6,8H,4H2,1-3H3,(H,13,14)(H,15,16)/t8-/m0/s1. The summed E-state index contributed by atoms with van der Waals surface area (Å²) in [6, 6.07) is -0.866. The number of aromatic nitrogens is 1. The minimum absolute atomic E-state index is 0.158. The maximum atomic E-state index is 11.9. The fourth-order valence-corrected chi connectivity index (χ4v) is 2.21. The van der Waals surface area contributed by atoms with Crippen molar-refractivity contribution >= 4 is 23.2 Å². The lowest BCUT2D eigenvalue weighted by Crippen LogP contribution is -2.44. The van der Waals surface area contributed by atoms with Gasteiger partial charge < -0.3 is 10.4 Å². The summed E-state index contributed by atoms with van der Waals surface area (Å²) in [7, 11) is 0. The van der Waals surface area contributed by atoms with Crippen LogP contribution in [0.2, 0.25) is 0 Å². The number of hydrogen-bond acceptors (Lipinski definition) is 4. The van der Waals surface area contributed by atoms with Crippen LogP contribution in [0.25, 0.3) is 0 Å². The minimum atomic E-state index is -1.02. The zero-order chi connectivity index (χ0) is 13.0. The highest BCUT2D eigenvalue weighted by atomic mass is 32.1. The van der Waals surface area contributed by atoms with Crippen molar-refractivity contribution in [2.24, 2.45) is 5.92 Å². The number of carbonyl (C=O) groups excluding carboxylic acids is 1. The molecule has 0 radical (unpaired) electrons. The van der Waals surface area contributed by atoms with Crippen LogP contribution < -0.4 is 5.32 Å². The van der Waals surface area contributed by atoms with Crippen molar-refractivity contribution in [2.75, 3.05) is 0 Å². The molecule has 1 heterocycles. The number of thiazole rings is 1. The molecule has 17 heavy (non-hydrogen) atoms. The predicted octanol–water partition coefficient (Wildman–Crippen LogP) is 1.54. The molecule has 0 bridgehead atoms. The third-order valence-electron chi connectivity index (χ3n) is 2.40. The first kappa shape index (κ1) is 13.6. The minimum Gasteiger partial charge on any atom is -0.480 e. The molecule has 94 valence electrons. The molecule has 0 fully saturated rings. The van der Waals surface area contributed by atoms with Gasteiger partial charge >= 0.3 is 5.97 Å². The number of aliphatic carboxylic acids is 1. The second-order valence-electron chi connectivity index (χ2n) is 4.02. The molecule has 0 saturated heterocycles. The fourth-order valence-electron chi connectivity index (χ4n) is 1.43. The van der Waals surface area contributed by atoms with Crippen LogP contribution in [0.1, 0.15) is 36.1 Å². The average molecular weight is 256 g/mol. The summed E-state index contributed by atoms with van der Waals surface area (Å²) < 4.78 is 0. The smallest absolute Gasteiger partial charge is 0.326 e. The molecular formula is C11H16N2O3S. The Bertz CT molecular complexity index is 415.